The predicted molar refractivity (Wildman–Crippen MR) is 274 cm³/mol. The van der Waals surface area contributed by atoms with Gasteiger partial charge in [-0.25, -0.2) is 0 Å². The molecule has 0 saturated carbocycles. The second-order valence-electron chi connectivity index (χ2n) is 18.4. The smallest absolute Gasteiger partial charge is 0.306 e. The SMILES string of the molecule is CC/C=C\C/C=C\C/C=C\C/C=C\C/C=C\C/C=C\CCCCCCCCC(=O)OC(COC(=O)CCCCCCC/C=C\CCCCCCCCC)COC(OCC[N+](C)(C)C)C(=O)[O-]. The van der Waals surface area contributed by atoms with Crippen LogP contribution < -0.4 is 5.11 Å². The molecule has 0 spiro atoms. The molecule has 2 atom stereocenters. The molecule has 0 aliphatic rings. The zero-order valence-corrected chi connectivity index (χ0v) is 42.8. The van der Waals surface area contributed by atoms with Gasteiger partial charge in [-0.05, 0) is 89.9 Å². The van der Waals surface area contributed by atoms with Crippen molar-refractivity contribution in [1.82, 2.24) is 0 Å². The summed E-state index contributed by atoms with van der Waals surface area (Å²) in [5.74, 6) is -2.32. The number of likely N-dealkylation sites (N-methyl/N-ethyl adjacent to an activating group) is 1. The molecular formula is C57H97NO8. The van der Waals surface area contributed by atoms with Crippen molar-refractivity contribution in [3.63, 3.8) is 0 Å². The van der Waals surface area contributed by atoms with E-state index in [2.05, 4.69) is 98.9 Å². The topological polar surface area (TPSA) is 111 Å². The number of quaternary nitrogens is 1. The Morgan fingerprint density at radius 3 is 1.30 bits per heavy atom. The van der Waals surface area contributed by atoms with Crippen LogP contribution in [-0.2, 0) is 33.3 Å². The van der Waals surface area contributed by atoms with E-state index in [0.717, 1.165) is 116 Å². The van der Waals surface area contributed by atoms with Gasteiger partial charge < -0.3 is 33.3 Å². The molecule has 9 nitrogen and oxygen atoms in total. The maximum Gasteiger partial charge on any atom is 0.306 e. The summed E-state index contributed by atoms with van der Waals surface area (Å²) in [5, 5.41) is 11.7. The molecule has 0 heterocycles. The van der Waals surface area contributed by atoms with Crippen LogP contribution in [0.5, 0.6) is 0 Å². The third-order valence-corrected chi connectivity index (χ3v) is 10.9. The fourth-order valence-electron chi connectivity index (χ4n) is 6.83. The van der Waals surface area contributed by atoms with Gasteiger partial charge in [0.1, 0.15) is 13.2 Å². The van der Waals surface area contributed by atoms with Gasteiger partial charge in [-0.3, -0.25) is 9.59 Å². The first-order valence-corrected chi connectivity index (χ1v) is 26.2. The first-order valence-electron chi connectivity index (χ1n) is 26.2. The number of carbonyl (C=O) groups is 3. The first-order chi connectivity index (χ1) is 32.1. The molecule has 0 aromatic rings. The molecule has 2 unspecified atom stereocenters. The second kappa shape index (κ2) is 47.9. The molecule has 0 fully saturated rings. The monoisotopic (exact) mass is 924 g/mol. The minimum Gasteiger partial charge on any atom is -0.545 e. The predicted octanol–water partition coefficient (Wildman–Crippen LogP) is 13.5. The Morgan fingerprint density at radius 1 is 0.470 bits per heavy atom. The van der Waals surface area contributed by atoms with E-state index in [9.17, 15) is 19.5 Å². The zero-order chi connectivity index (χ0) is 48.4. The van der Waals surface area contributed by atoms with Crippen LogP contribution >= 0.6 is 0 Å². The lowest BCUT2D eigenvalue weighted by molar-refractivity contribution is -0.870. The van der Waals surface area contributed by atoms with Crippen LogP contribution in [0.1, 0.15) is 200 Å². The molecule has 0 aromatic heterocycles. The molecule has 66 heavy (non-hydrogen) atoms. The van der Waals surface area contributed by atoms with E-state index < -0.39 is 24.3 Å². The van der Waals surface area contributed by atoms with Crippen molar-refractivity contribution in [1.29, 1.82) is 0 Å². The summed E-state index contributed by atoms with van der Waals surface area (Å²) in [6, 6.07) is 0. The largest absolute Gasteiger partial charge is 0.545 e. The van der Waals surface area contributed by atoms with Gasteiger partial charge in [-0.2, -0.15) is 0 Å². The van der Waals surface area contributed by atoms with Crippen molar-refractivity contribution in [3.05, 3.63) is 85.1 Å². The molecule has 0 N–H and O–H groups in total. The minimum atomic E-state index is -1.63. The van der Waals surface area contributed by atoms with Gasteiger partial charge >= 0.3 is 11.9 Å². The van der Waals surface area contributed by atoms with Crippen molar-refractivity contribution in [2.45, 2.75) is 212 Å². The lowest BCUT2D eigenvalue weighted by atomic mass is 10.1. The molecule has 0 aromatic carbocycles. The number of carbonyl (C=O) groups excluding carboxylic acids is 3. The van der Waals surface area contributed by atoms with Crippen molar-refractivity contribution in [3.8, 4) is 0 Å². The van der Waals surface area contributed by atoms with Gasteiger partial charge in [-0.15, -0.1) is 0 Å². The van der Waals surface area contributed by atoms with Crippen molar-refractivity contribution < 1.29 is 42.9 Å². The molecule has 0 aliphatic carbocycles. The number of nitrogens with zero attached hydrogens (tertiary/aromatic N) is 1. The standard InChI is InChI=1S/C57H97NO8/c1-6-8-10-12-14-16-18-20-22-24-25-26-27-28-29-30-31-32-34-36-38-40-42-44-46-48-55(60)66-53(52-65-57(56(61)62)63-50-49-58(3,4)5)51-64-54(59)47-45-43-41-39-37-35-33-23-21-19-17-15-13-11-9-7-2/h8,10,14,16,20,22-23,25-26,28-29,31-33,53,57H,6-7,9,11-13,15,17-19,21,24,27,30,34-52H2,1-5H3/b10-8-,16-14-,22-20-,26-25-,29-28-,32-31-,33-23-. The highest BCUT2D eigenvalue weighted by Crippen LogP contribution is 2.13. The van der Waals surface area contributed by atoms with E-state index in [1.165, 1.54) is 51.4 Å². The summed E-state index contributed by atoms with van der Waals surface area (Å²) in [7, 11) is 5.90. The number of unbranched alkanes of at least 4 members (excludes halogenated alkanes) is 18. The van der Waals surface area contributed by atoms with Gasteiger partial charge in [0, 0.05) is 12.8 Å². The Balaban J connectivity index is 4.38. The van der Waals surface area contributed by atoms with E-state index >= 15 is 0 Å². The Morgan fingerprint density at radius 2 is 0.864 bits per heavy atom. The third-order valence-electron chi connectivity index (χ3n) is 10.9. The van der Waals surface area contributed by atoms with Crippen LogP contribution in [0, 0.1) is 0 Å². The molecule has 0 radical (unpaired) electrons. The lowest BCUT2D eigenvalue weighted by Gasteiger charge is -2.26. The average Bonchev–Trinajstić information content (AvgIpc) is 3.28. The number of allylic oxidation sites excluding steroid dienone is 14. The second-order valence-corrected chi connectivity index (χ2v) is 18.4. The van der Waals surface area contributed by atoms with Gasteiger partial charge in [0.2, 0.25) is 0 Å². The van der Waals surface area contributed by atoms with Crippen molar-refractivity contribution >= 4 is 17.9 Å². The molecular weight excluding hydrogens is 827 g/mol. The molecule has 0 rings (SSSR count). The minimum absolute atomic E-state index is 0.139. The van der Waals surface area contributed by atoms with Gasteiger partial charge in [0.05, 0.1) is 40.3 Å². The Kier molecular flexibility index (Phi) is 45.4. The van der Waals surface area contributed by atoms with E-state index in [-0.39, 0.29) is 38.6 Å². The number of hydrogen-bond acceptors (Lipinski definition) is 8. The lowest BCUT2D eigenvalue weighted by Crippen LogP contribution is -2.44. The molecule has 0 saturated heterocycles. The highest BCUT2D eigenvalue weighted by atomic mass is 16.7. The summed E-state index contributed by atoms with van der Waals surface area (Å²) < 4.78 is 22.6. The van der Waals surface area contributed by atoms with Crippen LogP contribution in [0.3, 0.4) is 0 Å². The number of hydrogen-bond donors (Lipinski definition) is 0. The first kappa shape index (κ1) is 62.5. The van der Waals surface area contributed by atoms with Gasteiger partial charge in [0.25, 0.3) is 0 Å². The maximum absolute atomic E-state index is 12.8. The number of carboxylic acids is 1. The summed E-state index contributed by atoms with van der Waals surface area (Å²) >= 11 is 0. The van der Waals surface area contributed by atoms with Crippen LogP contribution in [0.4, 0.5) is 0 Å². The van der Waals surface area contributed by atoms with E-state index in [1.807, 2.05) is 21.1 Å². The number of carboxylic acid groups (broad SMARTS) is 1. The summed E-state index contributed by atoms with van der Waals surface area (Å²) in [4.78, 5) is 37.2. The van der Waals surface area contributed by atoms with Crippen LogP contribution in [0.25, 0.3) is 0 Å². The normalized spacial score (nSPS) is 13.5. The van der Waals surface area contributed by atoms with Crippen LogP contribution in [-0.4, -0.2) is 82.3 Å². The highest BCUT2D eigenvalue weighted by molar-refractivity contribution is 5.70. The zero-order valence-electron chi connectivity index (χ0n) is 42.8. The molecule has 378 valence electrons. The van der Waals surface area contributed by atoms with Crippen molar-refractivity contribution in [2.75, 3.05) is 47.5 Å². The third kappa shape index (κ3) is 48.4. The molecule has 0 aliphatic heterocycles. The quantitative estimate of drug-likeness (QED) is 0.0195. The maximum atomic E-state index is 12.8. The summed E-state index contributed by atoms with van der Waals surface area (Å²) in [6.45, 7) is 4.59. The Labute approximate surface area is 404 Å². The van der Waals surface area contributed by atoms with E-state index in [1.54, 1.807) is 0 Å². The Hall–Kier alpha value is -3.53. The molecule has 9 heteroatoms. The van der Waals surface area contributed by atoms with E-state index in [0.29, 0.717) is 17.4 Å². The van der Waals surface area contributed by atoms with Crippen LogP contribution in [0.15, 0.2) is 85.1 Å². The van der Waals surface area contributed by atoms with Crippen LogP contribution in [0.2, 0.25) is 0 Å². The summed E-state index contributed by atoms with van der Waals surface area (Å²) in [5.41, 5.74) is 0. The molecule has 0 amide bonds. The Bertz CT molecular complexity index is 1350. The van der Waals surface area contributed by atoms with Gasteiger partial charge in [0.15, 0.2) is 12.4 Å². The number of aliphatic carboxylic acids is 1. The number of esters is 2. The van der Waals surface area contributed by atoms with E-state index in [4.69, 9.17) is 18.9 Å². The molecule has 0 bridgehead atoms. The number of rotatable bonds is 47. The highest BCUT2D eigenvalue weighted by Gasteiger charge is 2.21. The fraction of sp³-hybridized carbons (Fsp3) is 0.702. The van der Waals surface area contributed by atoms with Gasteiger partial charge in [-0.1, -0.05) is 182 Å². The number of ether oxygens (including phenoxy) is 4. The average molecular weight is 924 g/mol. The van der Waals surface area contributed by atoms with Crippen molar-refractivity contribution in [2.24, 2.45) is 0 Å². The summed E-state index contributed by atoms with van der Waals surface area (Å²) in [6.07, 6.45) is 59.0. The fourth-order valence-corrected chi connectivity index (χ4v) is 6.83.